The number of aliphatic hydroxyl groups excluding tert-OH is 4. The lowest BCUT2D eigenvalue weighted by molar-refractivity contribution is -0.273. The van der Waals surface area contributed by atoms with E-state index in [2.05, 4.69) is 29.7 Å². The molecule has 1 aliphatic rings. The number of ether oxygens (including phenoxy) is 2. The van der Waals surface area contributed by atoms with Gasteiger partial charge in [0.15, 0.2) is 12.4 Å². The molecule has 6 unspecified atom stereocenters. The molecule has 0 aromatic carbocycles. The SMILES string of the molecule is CCCCCCCC=CCCCCCCCCNC(=O)C(O)COC1OC(CO)C(O)C(O)C1NC(C)=O. The average molecular weight is 545 g/mol. The number of amides is 2. The first-order valence-electron chi connectivity index (χ1n) is 14.4. The van der Waals surface area contributed by atoms with Gasteiger partial charge < -0.3 is 40.5 Å². The first-order chi connectivity index (χ1) is 18.3. The highest BCUT2D eigenvalue weighted by molar-refractivity contribution is 5.80. The summed E-state index contributed by atoms with van der Waals surface area (Å²) in [5.74, 6) is -1.08. The Morgan fingerprint density at radius 2 is 1.50 bits per heavy atom. The minimum Gasteiger partial charge on any atom is -0.394 e. The number of carbonyl (C=O) groups excluding carboxylic acids is 2. The molecule has 0 aromatic rings. The van der Waals surface area contributed by atoms with Crippen molar-refractivity contribution < 1.29 is 39.5 Å². The van der Waals surface area contributed by atoms with Gasteiger partial charge in [0.25, 0.3) is 5.91 Å². The van der Waals surface area contributed by atoms with Gasteiger partial charge in [0.1, 0.15) is 24.4 Å². The van der Waals surface area contributed by atoms with Gasteiger partial charge in [-0.25, -0.2) is 0 Å². The topological polar surface area (TPSA) is 158 Å². The molecular weight excluding hydrogens is 492 g/mol. The molecule has 0 aliphatic carbocycles. The maximum atomic E-state index is 12.2. The predicted molar refractivity (Wildman–Crippen MR) is 145 cm³/mol. The van der Waals surface area contributed by atoms with E-state index in [0.717, 1.165) is 25.7 Å². The van der Waals surface area contributed by atoms with E-state index in [1.165, 1.54) is 64.7 Å². The van der Waals surface area contributed by atoms with Gasteiger partial charge in [-0.05, 0) is 32.1 Å². The monoisotopic (exact) mass is 544 g/mol. The molecule has 1 heterocycles. The molecule has 1 saturated heterocycles. The summed E-state index contributed by atoms with van der Waals surface area (Å²) in [6.07, 6.45) is 13.3. The van der Waals surface area contributed by atoms with E-state index in [-0.39, 0.29) is 0 Å². The van der Waals surface area contributed by atoms with Crippen LogP contribution < -0.4 is 10.6 Å². The molecule has 0 spiro atoms. The summed E-state index contributed by atoms with van der Waals surface area (Å²) in [5, 5.41) is 44.9. The highest BCUT2D eigenvalue weighted by Gasteiger charge is 2.45. The first-order valence-corrected chi connectivity index (χ1v) is 14.4. The fourth-order valence-corrected chi connectivity index (χ4v) is 4.40. The van der Waals surface area contributed by atoms with Crippen molar-refractivity contribution in [3.8, 4) is 0 Å². The Morgan fingerprint density at radius 1 is 0.921 bits per heavy atom. The summed E-state index contributed by atoms with van der Waals surface area (Å²) >= 11 is 0. The summed E-state index contributed by atoms with van der Waals surface area (Å²) in [7, 11) is 0. The molecule has 0 aromatic heterocycles. The van der Waals surface area contributed by atoms with Crippen LogP contribution in [0.1, 0.15) is 97.3 Å². The fraction of sp³-hybridized carbons (Fsp3) is 0.857. The van der Waals surface area contributed by atoms with E-state index in [0.29, 0.717) is 6.54 Å². The summed E-state index contributed by atoms with van der Waals surface area (Å²) < 4.78 is 10.8. The summed E-state index contributed by atoms with van der Waals surface area (Å²) in [4.78, 5) is 23.6. The lowest BCUT2D eigenvalue weighted by Gasteiger charge is -2.42. The van der Waals surface area contributed by atoms with Crippen LogP contribution in [0.2, 0.25) is 0 Å². The number of hydrogen-bond donors (Lipinski definition) is 6. The van der Waals surface area contributed by atoms with Crippen LogP contribution in [0, 0.1) is 0 Å². The van der Waals surface area contributed by atoms with Crippen molar-refractivity contribution in [2.75, 3.05) is 19.8 Å². The molecule has 10 heteroatoms. The van der Waals surface area contributed by atoms with E-state index in [1.807, 2.05) is 0 Å². The molecule has 6 atom stereocenters. The quantitative estimate of drug-likeness (QED) is 0.0947. The third-order valence-electron chi connectivity index (χ3n) is 6.71. The second kappa shape index (κ2) is 21.3. The number of allylic oxidation sites excluding steroid dienone is 2. The highest BCUT2D eigenvalue weighted by Crippen LogP contribution is 2.22. The molecule has 0 radical (unpaired) electrons. The molecular formula is C28H52N2O8. The average Bonchev–Trinajstić information content (AvgIpc) is 2.90. The van der Waals surface area contributed by atoms with Gasteiger partial charge in [-0.3, -0.25) is 9.59 Å². The van der Waals surface area contributed by atoms with Crippen molar-refractivity contribution in [3.05, 3.63) is 12.2 Å². The van der Waals surface area contributed by atoms with Crippen LogP contribution in [0.3, 0.4) is 0 Å². The molecule has 1 rings (SSSR count). The molecule has 10 nitrogen and oxygen atoms in total. The maximum absolute atomic E-state index is 12.2. The second-order valence-electron chi connectivity index (χ2n) is 10.2. The van der Waals surface area contributed by atoms with Gasteiger partial charge in [-0.2, -0.15) is 0 Å². The van der Waals surface area contributed by atoms with Crippen LogP contribution in [-0.4, -0.2) is 88.7 Å². The number of hydrogen-bond acceptors (Lipinski definition) is 8. The molecule has 1 aliphatic heterocycles. The zero-order valence-electron chi connectivity index (χ0n) is 23.4. The normalized spacial score (nSPS) is 24.4. The summed E-state index contributed by atoms with van der Waals surface area (Å²) in [6, 6.07) is -1.13. The Balaban J connectivity index is 2.13. The largest absolute Gasteiger partial charge is 0.394 e. The van der Waals surface area contributed by atoms with Gasteiger partial charge >= 0.3 is 0 Å². The standard InChI is InChI=1S/C28H52N2O8/c1-3-4-5-6-7-8-9-10-11-12-13-14-15-16-17-18-29-27(36)22(33)20-37-28-24(30-21(2)32)26(35)25(34)23(19-31)38-28/h9-10,22-26,28,31,33-35H,3-8,11-20H2,1-2H3,(H,29,36)(H,30,32). The zero-order chi connectivity index (χ0) is 28.2. The van der Waals surface area contributed by atoms with Crippen molar-refractivity contribution in [2.45, 2.75) is 134 Å². The number of rotatable bonds is 21. The highest BCUT2D eigenvalue weighted by atomic mass is 16.7. The molecule has 0 bridgehead atoms. The van der Waals surface area contributed by atoms with Gasteiger partial charge in [0.2, 0.25) is 5.91 Å². The number of carbonyl (C=O) groups is 2. The first kappa shape index (κ1) is 34.5. The zero-order valence-corrected chi connectivity index (χ0v) is 23.4. The van der Waals surface area contributed by atoms with E-state index in [4.69, 9.17) is 9.47 Å². The van der Waals surface area contributed by atoms with E-state index < -0.39 is 61.8 Å². The van der Waals surface area contributed by atoms with Crippen molar-refractivity contribution in [3.63, 3.8) is 0 Å². The molecule has 222 valence electrons. The van der Waals surface area contributed by atoms with Crippen LogP contribution in [0.4, 0.5) is 0 Å². The summed E-state index contributed by atoms with van der Waals surface area (Å²) in [6.45, 7) is 2.89. The molecule has 38 heavy (non-hydrogen) atoms. The Morgan fingerprint density at radius 3 is 2.08 bits per heavy atom. The fourth-order valence-electron chi connectivity index (χ4n) is 4.40. The van der Waals surface area contributed by atoms with Crippen molar-refractivity contribution >= 4 is 11.8 Å². The predicted octanol–water partition coefficient (Wildman–Crippen LogP) is 2.07. The van der Waals surface area contributed by atoms with Crippen molar-refractivity contribution in [2.24, 2.45) is 0 Å². The van der Waals surface area contributed by atoms with Gasteiger partial charge in [0.05, 0.1) is 13.2 Å². The Kier molecular flexibility index (Phi) is 19.3. The lowest BCUT2D eigenvalue weighted by atomic mass is 9.97. The van der Waals surface area contributed by atoms with Crippen molar-refractivity contribution in [1.29, 1.82) is 0 Å². The Labute approximate surface area is 228 Å². The van der Waals surface area contributed by atoms with E-state index in [1.54, 1.807) is 0 Å². The smallest absolute Gasteiger partial charge is 0.251 e. The van der Waals surface area contributed by atoms with Crippen LogP contribution in [-0.2, 0) is 19.1 Å². The second-order valence-corrected chi connectivity index (χ2v) is 10.2. The third-order valence-corrected chi connectivity index (χ3v) is 6.71. The van der Waals surface area contributed by atoms with Gasteiger partial charge in [0, 0.05) is 13.5 Å². The van der Waals surface area contributed by atoms with Crippen LogP contribution in [0.15, 0.2) is 12.2 Å². The Hall–Kier alpha value is -1.56. The lowest BCUT2D eigenvalue weighted by Crippen LogP contribution is -2.64. The minimum absolute atomic E-state index is 0.444. The third kappa shape index (κ3) is 14.6. The Bertz CT molecular complexity index is 663. The van der Waals surface area contributed by atoms with Crippen LogP contribution in [0.5, 0.6) is 0 Å². The molecule has 2 amide bonds. The van der Waals surface area contributed by atoms with E-state index in [9.17, 15) is 30.0 Å². The number of nitrogens with one attached hydrogen (secondary N) is 2. The molecule has 6 N–H and O–H groups in total. The number of aliphatic hydroxyl groups is 4. The number of unbranched alkanes of at least 4 members (excludes halogenated alkanes) is 11. The van der Waals surface area contributed by atoms with Crippen LogP contribution >= 0.6 is 0 Å². The molecule has 1 fully saturated rings. The molecule has 0 saturated carbocycles. The van der Waals surface area contributed by atoms with Crippen LogP contribution in [0.25, 0.3) is 0 Å². The maximum Gasteiger partial charge on any atom is 0.251 e. The van der Waals surface area contributed by atoms with Gasteiger partial charge in [-0.15, -0.1) is 0 Å². The van der Waals surface area contributed by atoms with Crippen molar-refractivity contribution in [1.82, 2.24) is 10.6 Å². The minimum atomic E-state index is -1.47. The summed E-state index contributed by atoms with van der Waals surface area (Å²) in [5.41, 5.74) is 0. The van der Waals surface area contributed by atoms with Gasteiger partial charge in [-0.1, -0.05) is 70.4 Å². The van der Waals surface area contributed by atoms with E-state index >= 15 is 0 Å².